The Morgan fingerprint density at radius 1 is 1.43 bits per heavy atom. The van der Waals surface area contributed by atoms with E-state index in [1.807, 2.05) is 0 Å². The highest BCUT2D eigenvalue weighted by Crippen LogP contribution is 1.72. The molecule has 0 rings (SSSR count). The van der Waals surface area contributed by atoms with Gasteiger partial charge in [0.05, 0.1) is 0 Å². The van der Waals surface area contributed by atoms with Crippen molar-refractivity contribution in [2.45, 2.75) is 6.42 Å². The number of primary amides is 1. The highest BCUT2D eigenvalue weighted by molar-refractivity contribution is 5.92. The van der Waals surface area contributed by atoms with E-state index in [2.05, 4.69) is 5.73 Å². The second-order valence-corrected chi connectivity index (χ2v) is 1.02. The summed E-state index contributed by atoms with van der Waals surface area (Å²) < 4.78 is 0. The van der Waals surface area contributed by atoms with Gasteiger partial charge in [-0.2, -0.15) is 0 Å². The van der Waals surface area contributed by atoms with Gasteiger partial charge in [-0.05, 0) is 0 Å². The van der Waals surface area contributed by atoms with E-state index in [0.717, 1.165) is 0 Å². The third-order valence-electron chi connectivity index (χ3n) is 0.319. The van der Waals surface area contributed by atoms with Gasteiger partial charge in [-0.3, -0.25) is 4.79 Å². The lowest BCUT2D eigenvalue weighted by atomic mass is 10.4. The van der Waals surface area contributed by atoms with Crippen LogP contribution < -0.4 is 5.73 Å². The van der Waals surface area contributed by atoms with Crippen molar-refractivity contribution >= 4 is 11.9 Å². The van der Waals surface area contributed by atoms with Crippen molar-refractivity contribution in [2.24, 2.45) is 5.73 Å². The van der Waals surface area contributed by atoms with Gasteiger partial charge in [0, 0.05) is 0 Å². The van der Waals surface area contributed by atoms with Crippen LogP contribution in [0.2, 0.25) is 0 Å². The third-order valence-corrected chi connectivity index (χ3v) is 0.319. The van der Waals surface area contributed by atoms with Crippen molar-refractivity contribution in [2.75, 3.05) is 0 Å². The Kier molecular flexibility index (Phi) is 1.84. The van der Waals surface area contributed by atoms with Gasteiger partial charge in [-0.25, -0.2) is 9.90 Å². The number of hydrogen-bond donors (Lipinski definition) is 1. The van der Waals surface area contributed by atoms with Gasteiger partial charge in [0.15, 0.2) is 0 Å². The van der Waals surface area contributed by atoms with Crippen LogP contribution >= 0.6 is 0 Å². The maximum atomic E-state index is 9.61. The molecule has 7 heavy (non-hydrogen) atoms. The minimum Gasteiger partial charge on any atom is -0.369 e. The molecule has 0 aromatic carbocycles. The van der Waals surface area contributed by atoms with Crippen LogP contribution in [0.25, 0.3) is 0 Å². The zero-order chi connectivity index (χ0) is 5.86. The second kappa shape index (κ2) is 2.17. The van der Waals surface area contributed by atoms with Gasteiger partial charge >= 0.3 is 5.97 Å². The molecule has 2 N–H and O–H groups in total. The van der Waals surface area contributed by atoms with Crippen molar-refractivity contribution in [1.82, 2.24) is 0 Å². The quantitative estimate of drug-likeness (QED) is 0.445. The molecule has 0 atom stereocenters. The molecule has 4 heteroatoms. The summed E-state index contributed by atoms with van der Waals surface area (Å²) in [6, 6.07) is 0. The average Bonchev–Trinajstić information content (AvgIpc) is 1.27. The van der Waals surface area contributed by atoms with Crippen LogP contribution in [0.3, 0.4) is 0 Å². The molecule has 39 valence electrons. The number of carbonyl (C=O) groups is 2. The van der Waals surface area contributed by atoms with E-state index in [9.17, 15) is 14.7 Å². The van der Waals surface area contributed by atoms with Crippen LogP contribution in [-0.4, -0.2) is 11.9 Å². The third kappa shape index (κ3) is 4.94. The van der Waals surface area contributed by atoms with E-state index in [-0.39, 0.29) is 0 Å². The lowest BCUT2D eigenvalue weighted by molar-refractivity contribution is -0.145. The molecular formula is C3H4NO3. The van der Waals surface area contributed by atoms with Gasteiger partial charge in [-0.1, -0.05) is 0 Å². The monoisotopic (exact) mass is 102 g/mol. The van der Waals surface area contributed by atoms with E-state index < -0.39 is 18.3 Å². The molecule has 0 bridgehead atoms. The van der Waals surface area contributed by atoms with Gasteiger partial charge in [0.2, 0.25) is 5.91 Å². The van der Waals surface area contributed by atoms with Gasteiger partial charge in [0.1, 0.15) is 6.42 Å². The molecule has 1 radical (unpaired) electrons. The van der Waals surface area contributed by atoms with Crippen LogP contribution in [0, 0.1) is 0 Å². The lowest BCUT2D eigenvalue weighted by Gasteiger charge is -1.77. The molecule has 0 unspecified atom stereocenters. The number of carbonyl (C=O) groups excluding carboxylic acids is 2. The van der Waals surface area contributed by atoms with E-state index in [0.29, 0.717) is 0 Å². The first-order valence-corrected chi connectivity index (χ1v) is 1.61. The minimum atomic E-state index is -1.44. The first kappa shape index (κ1) is 5.94. The Hall–Kier alpha value is -1.06. The SMILES string of the molecule is NC(=O)CC([O])=O. The van der Waals surface area contributed by atoms with Crippen LogP contribution in [0.1, 0.15) is 6.42 Å². The summed E-state index contributed by atoms with van der Waals surface area (Å²) >= 11 is 0. The predicted molar refractivity (Wildman–Crippen MR) is 19.5 cm³/mol. The molecule has 0 saturated carbocycles. The summed E-state index contributed by atoms with van der Waals surface area (Å²) in [6.45, 7) is 0. The summed E-state index contributed by atoms with van der Waals surface area (Å²) in [7, 11) is 0. The summed E-state index contributed by atoms with van der Waals surface area (Å²) in [5, 5.41) is 9.40. The van der Waals surface area contributed by atoms with Crippen molar-refractivity contribution in [3.63, 3.8) is 0 Å². The first-order chi connectivity index (χ1) is 3.13. The molecular weight excluding hydrogens is 98.0 g/mol. The van der Waals surface area contributed by atoms with Gasteiger partial charge in [0.25, 0.3) is 0 Å². The molecule has 0 heterocycles. The first-order valence-electron chi connectivity index (χ1n) is 1.61. The van der Waals surface area contributed by atoms with Crippen molar-refractivity contribution in [3.05, 3.63) is 0 Å². The van der Waals surface area contributed by atoms with E-state index in [4.69, 9.17) is 0 Å². The minimum absolute atomic E-state index is 0.694. The zero-order valence-corrected chi connectivity index (χ0v) is 3.51. The van der Waals surface area contributed by atoms with Crippen LogP contribution in [-0.2, 0) is 14.7 Å². The van der Waals surface area contributed by atoms with Crippen molar-refractivity contribution in [3.8, 4) is 0 Å². The van der Waals surface area contributed by atoms with Gasteiger partial charge in [-0.15, -0.1) is 0 Å². The number of nitrogens with two attached hydrogens (primary N) is 1. The van der Waals surface area contributed by atoms with Crippen LogP contribution in [0.15, 0.2) is 0 Å². The maximum absolute atomic E-state index is 9.61. The smallest absolute Gasteiger partial charge is 0.364 e. The Balaban J connectivity index is 3.32. The molecule has 0 fully saturated rings. The largest absolute Gasteiger partial charge is 0.369 e. The van der Waals surface area contributed by atoms with Crippen molar-refractivity contribution in [1.29, 1.82) is 0 Å². The lowest BCUT2D eigenvalue weighted by Crippen LogP contribution is -2.14. The number of hydrogen-bond acceptors (Lipinski definition) is 2. The summed E-state index contributed by atoms with van der Waals surface area (Å²) in [6.07, 6.45) is -0.694. The molecule has 1 amide bonds. The molecule has 0 aromatic heterocycles. The fourth-order valence-corrected chi connectivity index (χ4v) is 0.142. The fourth-order valence-electron chi connectivity index (χ4n) is 0.142. The highest BCUT2D eigenvalue weighted by Gasteiger charge is 2.02. The average molecular weight is 102 g/mol. The molecule has 0 aromatic rings. The number of rotatable bonds is 2. The van der Waals surface area contributed by atoms with E-state index in [1.54, 1.807) is 0 Å². The summed E-state index contributed by atoms with van der Waals surface area (Å²) in [5.41, 5.74) is 4.43. The Bertz CT molecular complexity index is 86.4. The van der Waals surface area contributed by atoms with Crippen LogP contribution in [0.4, 0.5) is 0 Å². The zero-order valence-electron chi connectivity index (χ0n) is 3.51. The Morgan fingerprint density at radius 2 is 1.86 bits per heavy atom. The number of amides is 1. The summed E-state index contributed by atoms with van der Waals surface area (Å²) in [5.74, 6) is -2.31. The summed E-state index contributed by atoms with van der Waals surface area (Å²) in [4.78, 5) is 19.0. The molecule has 0 aliphatic heterocycles. The maximum Gasteiger partial charge on any atom is 0.364 e. The van der Waals surface area contributed by atoms with E-state index in [1.165, 1.54) is 0 Å². The second-order valence-electron chi connectivity index (χ2n) is 1.02. The highest BCUT2D eigenvalue weighted by atomic mass is 16.4. The van der Waals surface area contributed by atoms with Crippen LogP contribution in [0.5, 0.6) is 0 Å². The standard InChI is InChI=1S/C3H4NO3/c4-2(5)1-3(6)7/h1H2,(H2,4,5). The normalized spacial score (nSPS) is 8.00. The van der Waals surface area contributed by atoms with E-state index >= 15 is 0 Å². The molecule has 0 aliphatic rings. The Labute approximate surface area is 39.9 Å². The van der Waals surface area contributed by atoms with Crippen molar-refractivity contribution < 1.29 is 14.7 Å². The predicted octanol–water partition coefficient (Wildman–Crippen LogP) is -1.18. The Morgan fingerprint density at radius 3 is 1.86 bits per heavy atom. The molecule has 0 aliphatic carbocycles. The topological polar surface area (TPSA) is 80.1 Å². The molecule has 0 saturated heterocycles. The molecule has 4 nitrogen and oxygen atoms in total. The fraction of sp³-hybridized carbons (Fsp3) is 0.333. The van der Waals surface area contributed by atoms with Gasteiger partial charge < -0.3 is 5.73 Å². The molecule has 0 spiro atoms.